The summed E-state index contributed by atoms with van der Waals surface area (Å²) in [5.41, 5.74) is 4.56. The number of rotatable bonds is 3. The Labute approximate surface area is 107 Å². The maximum absolute atomic E-state index is 6.00. The van der Waals surface area contributed by atoms with E-state index in [1.165, 1.54) is 0 Å². The van der Waals surface area contributed by atoms with Crippen LogP contribution in [-0.4, -0.2) is 9.97 Å². The van der Waals surface area contributed by atoms with E-state index in [0.717, 1.165) is 16.9 Å². The Morgan fingerprint density at radius 1 is 1.44 bits per heavy atom. The monoisotopic (exact) mass is 273 g/mol. The number of pyridine rings is 1. The Morgan fingerprint density at radius 3 is 2.88 bits per heavy atom. The third kappa shape index (κ3) is 2.64. The van der Waals surface area contributed by atoms with E-state index in [-0.39, 0.29) is 0 Å². The van der Waals surface area contributed by atoms with Gasteiger partial charge in [0, 0.05) is 5.38 Å². The maximum atomic E-state index is 6.00. The predicted molar refractivity (Wildman–Crippen MR) is 68.4 cm³/mol. The molecule has 0 amide bonds. The molecule has 0 aromatic carbocycles. The Hall–Kier alpha value is -0.840. The number of nitrogens with one attached hydrogen (secondary N) is 1. The third-order valence-electron chi connectivity index (χ3n) is 2.07. The van der Waals surface area contributed by atoms with Gasteiger partial charge in [-0.25, -0.2) is 9.97 Å². The summed E-state index contributed by atoms with van der Waals surface area (Å²) < 4.78 is 0. The molecule has 0 bridgehead atoms. The van der Waals surface area contributed by atoms with Gasteiger partial charge < -0.3 is 5.32 Å². The van der Waals surface area contributed by atoms with Crippen molar-refractivity contribution in [2.75, 3.05) is 5.32 Å². The highest BCUT2D eigenvalue weighted by Gasteiger charge is 2.07. The van der Waals surface area contributed by atoms with Crippen LogP contribution in [0.1, 0.15) is 11.3 Å². The van der Waals surface area contributed by atoms with Crippen LogP contribution in [0, 0.1) is 6.92 Å². The molecular weight excluding hydrogens is 265 g/mol. The minimum absolute atomic E-state index is 0.389. The van der Waals surface area contributed by atoms with Crippen LogP contribution in [0.25, 0.3) is 0 Å². The van der Waals surface area contributed by atoms with E-state index in [1.807, 2.05) is 12.3 Å². The molecule has 2 aromatic heterocycles. The van der Waals surface area contributed by atoms with Gasteiger partial charge in [0.2, 0.25) is 0 Å². The van der Waals surface area contributed by atoms with Gasteiger partial charge in [0.05, 0.1) is 23.4 Å². The van der Waals surface area contributed by atoms with Crippen LogP contribution < -0.4 is 5.32 Å². The second-order valence-electron chi connectivity index (χ2n) is 3.26. The standard InChI is InChI=1S/C10H9Cl2N3S/c1-6-2-8(11)15-10(12)9(6)13-3-7-4-16-5-14-7/h2,4-5,13H,3H2,1H3. The molecule has 0 atom stereocenters. The van der Waals surface area contributed by atoms with Gasteiger partial charge in [-0.05, 0) is 18.6 Å². The first-order valence-electron chi connectivity index (χ1n) is 4.60. The summed E-state index contributed by atoms with van der Waals surface area (Å²) in [5.74, 6) is 0. The Bertz CT molecular complexity index is 462. The number of thiazole rings is 1. The van der Waals surface area contributed by atoms with Gasteiger partial charge in [0.15, 0.2) is 5.15 Å². The first kappa shape index (κ1) is 11.6. The summed E-state index contributed by atoms with van der Waals surface area (Å²) in [6.45, 7) is 2.57. The maximum Gasteiger partial charge on any atom is 0.154 e. The van der Waals surface area contributed by atoms with Crippen molar-refractivity contribution in [1.82, 2.24) is 9.97 Å². The first-order valence-corrected chi connectivity index (χ1v) is 6.30. The quantitative estimate of drug-likeness (QED) is 0.866. The topological polar surface area (TPSA) is 37.8 Å². The number of aryl methyl sites for hydroxylation is 1. The number of hydrogen-bond donors (Lipinski definition) is 1. The summed E-state index contributed by atoms with van der Waals surface area (Å²) in [4.78, 5) is 8.16. The van der Waals surface area contributed by atoms with Gasteiger partial charge in [-0.3, -0.25) is 0 Å². The Kier molecular flexibility index (Phi) is 3.63. The van der Waals surface area contributed by atoms with Crippen molar-refractivity contribution in [2.24, 2.45) is 0 Å². The van der Waals surface area contributed by atoms with E-state index in [1.54, 1.807) is 22.9 Å². The number of anilines is 1. The lowest BCUT2D eigenvalue weighted by Crippen LogP contribution is -2.03. The van der Waals surface area contributed by atoms with Crippen molar-refractivity contribution < 1.29 is 0 Å². The van der Waals surface area contributed by atoms with Crippen molar-refractivity contribution in [3.63, 3.8) is 0 Å². The average molecular weight is 274 g/mol. The number of hydrogen-bond acceptors (Lipinski definition) is 4. The molecule has 0 radical (unpaired) electrons. The van der Waals surface area contributed by atoms with E-state index < -0.39 is 0 Å². The van der Waals surface area contributed by atoms with Crippen LogP contribution in [0.3, 0.4) is 0 Å². The SMILES string of the molecule is Cc1cc(Cl)nc(Cl)c1NCc1cscn1. The van der Waals surface area contributed by atoms with Gasteiger partial charge in [-0.15, -0.1) is 11.3 Å². The average Bonchev–Trinajstić information content (AvgIpc) is 2.68. The predicted octanol–water partition coefficient (Wildman–Crippen LogP) is 3.77. The lowest BCUT2D eigenvalue weighted by atomic mass is 10.2. The number of halogens is 2. The molecular formula is C10H9Cl2N3S. The molecule has 0 saturated heterocycles. The molecule has 0 unspecified atom stereocenters. The summed E-state index contributed by atoms with van der Waals surface area (Å²) in [5, 5.41) is 5.98. The summed E-state index contributed by atoms with van der Waals surface area (Å²) in [6.07, 6.45) is 0. The van der Waals surface area contributed by atoms with Crippen LogP contribution in [0.5, 0.6) is 0 Å². The molecule has 1 N–H and O–H groups in total. The van der Waals surface area contributed by atoms with Gasteiger partial charge >= 0.3 is 0 Å². The highest BCUT2D eigenvalue weighted by molar-refractivity contribution is 7.07. The fourth-order valence-corrected chi connectivity index (χ4v) is 2.47. The first-order chi connectivity index (χ1) is 7.66. The molecule has 2 heterocycles. The lowest BCUT2D eigenvalue weighted by Gasteiger charge is -2.09. The third-order valence-corrected chi connectivity index (χ3v) is 3.17. The minimum Gasteiger partial charge on any atom is -0.377 e. The lowest BCUT2D eigenvalue weighted by molar-refractivity contribution is 1.06. The summed E-state index contributed by atoms with van der Waals surface area (Å²) in [6, 6.07) is 1.77. The second-order valence-corrected chi connectivity index (χ2v) is 4.72. The molecule has 0 spiro atoms. The number of nitrogens with zero attached hydrogens (tertiary/aromatic N) is 2. The van der Waals surface area contributed by atoms with Crippen LogP contribution >= 0.6 is 34.5 Å². The van der Waals surface area contributed by atoms with Crippen molar-refractivity contribution in [3.8, 4) is 0 Å². The number of aromatic nitrogens is 2. The summed E-state index contributed by atoms with van der Waals surface area (Å²) >= 11 is 13.4. The van der Waals surface area contributed by atoms with Crippen LogP contribution in [0.4, 0.5) is 5.69 Å². The van der Waals surface area contributed by atoms with Gasteiger partial charge in [0.25, 0.3) is 0 Å². The second kappa shape index (κ2) is 4.99. The largest absolute Gasteiger partial charge is 0.377 e. The van der Waals surface area contributed by atoms with E-state index >= 15 is 0 Å². The smallest absolute Gasteiger partial charge is 0.154 e. The Balaban J connectivity index is 2.15. The fraction of sp³-hybridized carbons (Fsp3) is 0.200. The van der Waals surface area contributed by atoms with Gasteiger partial charge in [0.1, 0.15) is 5.15 Å². The van der Waals surface area contributed by atoms with Crippen molar-refractivity contribution in [3.05, 3.63) is 38.5 Å². The zero-order valence-electron chi connectivity index (χ0n) is 8.50. The molecule has 0 aliphatic rings. The van der Waals surface area contributed by atoms with Gasteiger partial charge in [-0.2, -0.15) is 0 Å². The van der Waals surface area contributed by atoms with E-state index in [9.17, 15) is 0 Å². The normalized spacial score (nSPS) is 10.4. The zero-order valence-corrected chi connectivity index (χ0v) is 10.8. The van der Waals surface area contributed by atoms with E-state index in [4.69, 9.17) is 23.2 Å². The molecule has 3 nitrogen and oxygen atoms in total. The zero-order chi connectivity index (χ0) is 11.5. The molecule has 16 heavy (non-hydrogen) atoms. The molecule has 0 aliphatic carbocycles. The van der Waals surface area contributed by atoms with Crippen LogP contribution in [-0.2, 0) is 6.54 Å². The molecule has 6 heteroatoms. The molecule has 0 aliphatic heterocycles. The molecule has 2 aromatic rings. The van der Waals surface area contributed by atoms with Gasteiger partial charge in [-0.1, -0.05) is 23.2 Å². The minimum atomic E-state index is 0.389. The van der Waals surface area contributed by atoms with E-state index in [0.29, 0.717) is 16.9 Å². The fourth-order valence-electron chi connectivity index (χ4n) is 1.31. The highest BCUT2D eigenvalue weighted by Crippen LogP contribution is 2.26. The Morgan fingerprint density at radius 2 is 2.25 bits per heavy atom. The summed E-state index contributed by atoms with van der Waals surface area (Å²) in [7, 11) is 0. The van der Waals surface area contributed by atoms with Crippen molar-refractivity contribution in [1.29, 1.82) is 0 Å². The van der Waals surface area contributed by atoms with Crippen LogP contribution in [0.2, 0.25) is 10.3 Å². The van der Waals surface area contributed by atoms with Crippen LogP contribution in [0.15, 0.2) is 17.0 Å². The van der Waals surface area contributed by atoms with E-state index in [2.05, 4.69) is 15.3 Å². The van der Waals surface area contributed by atoms with Crippen molar-refractivity contribution >= 4 is 40.2 Å². The molecule has 84 valence electrons. The molecule has 2 rings (SSSR count). The molecule has 0 saturated carbocycles. The molecule has 0 fully saturated rings. The van der Waals surface area contributed by atoms with Crippen molar-refractivity contribution in [2.45, 2.75) is 13.5 Å². The highest BCUT2D eigenvalue weighted by atomic mass is 35.5.